The van der Waals surface area contributed by atoms with Crippen LogP contribution in [0.2, 0.25) is 0 Å². The number of ether oxygens (including phenoxy) is 2. The molecule has 3 rings (SSSR count). The largest absolute Gasteiger partial charge is 0.486 e. The van der Waals surface area contributed by atoms with Gasteiger partial charge in [0.2, 0.25) is 0 Å². The summed E-state index contributed by atoms with van der Waals surface area (Å²) in [5.41, 5.74) is 6.19. The first kappa shape index (κ1) is 14.4. The van der Waals surface area contributed by atoms with Crippen molar-refractivity contribution in [1.29, 1.82) is 0 Å². The van der Waals surface area contributed by atoms with Crippen molar-refractivity contribution >= 4 is 15.9 Å². The van der Waals surface area contributed by atoms with Crippen LogP contribution in [0.4, 0.5) is 0 Å². The minimum absolute atomic E-state index is 0.0993. The third-order valence-electron chi connectivity index (χ3n) is 3.60. The van der Waals surface area contributed by atoms with Gasteiger partial charge >= 0.3 is 0 Å². The zero-order valence-corrected chi connectivity index (χ0v) is 13.3. The average molecular weight is 349 g/mol. The van der Waals surface area contributed by atoms with E-state index in [-0.39, 0.29) is 6.04 Å². The van der Waals surface area contributed by atoms with Crippen LogP contribution in [0, 0.1) is 6.92 Å². The summed E-state index contributed by atoms with van der Waals surface area (Å²) in [6.45, 7) is 3.23. The summed E-state index contributed by atoms with van der Waals surface area (Å²) in [6, 6.07) is 12.0. The monoisotopic (exact) mass is 348 g/mol. The molecule has 0 aromatic heterocycles. The molecule has 0 aliphatic carbocycles. The van der Waals surface area contributed by atoms with Crippen molar-refractivity contribution < 1.29 is 9.47 Å². The Balaban J connectivity index is 1.97. The molecule has 1 atom stereocenters. The number of hydrogen-bond donors (Lipinski definition) is 2. The molecular formula is C16H17BrN2O2. The van der Waals surface area contributed by atoms with Gasteiger partial charge in [0.25, 0.3) is 0 Å². The molecule has 5 heteroatoms. The summed E-state index contributed by atoms with van der Waals surface area (Å²) in [4.78, 5) is 0. The quantitative estimate of drug-likeness (QED) is 0.661. The lowest BCUT2D eigenvalue weighted by molar-refractivity contribution is 0.171. The van der Waals surface area contributed by atoms with Gasteiger partial charge in [-0.15, -0.1) is 0 Å². The van der Waals surface area contributed by atoms with Crippen molar-refractivity contribution in [2.45, 2.75) is 13.0 Å². The molecular weight excluding hydrogens is 332 g/mol. The first-order valence-electron chi connectivity index (χ1n) is 6.81. The van der Waals surface area contributed by atoms with E-state index in [9.17, 15) is 0 Å². The Morgan fingerprint density at radius 2 is 1.71 bits per heavy atom. The lowest BCUT2D eigenvalue weighted by Gasteiger charge is -2.22. The summed E-state index contributed by atoms with van der Waals surface area (Å²) in [6.07, 6.45) is 0. The Morgan fingerprint density at radius 3 is 2.43 bits per heavy atom. The van der Waals surface area contributed by atoms with Crippen LogP contribution in [0.1, 0.15) is 22.7 Å². The molecule has 0 spiro atoms. The van der Waals surface area contributed by atoms with Gasteiger partial charge in [-0.05, 0) is 41.8 Å². The fraction of sp³-hybridized carbons (Fsp3) is 0.250. The summed E-state index contributed by atoms with van der Waals surface area (Å²) < 4.78 is 12.3. The molecule has 21 heavy (non-hydrogen) atoms. The predicted molar refractivity (Wildman–Crippen MR) is 85.5 cm³/mol. The number of benzene rings is 2. The highest BCUT2D eigenvalue weighted by Gasteiger charge is 2.18. The van der Waals surface area contributed by atoms with Crippen molar-refractivity contribution in [3.05, 3.63) is 57.6 Å². The first-order chi connectivity index (χ1) is 10.2. The standard InChI is InChI=1S/C16H17BrN2O2/c1-10-2-3-11(8-13(10)17)16(19-18)12-4-5-14-15(9-12)21-7-6-20-14/h2-5,8-9,16,19H,6-7,18H2,1H3. The van der Waals surface area contributed by atoms with Crippen LogP contribution in [0.5, 0.6) is 11.5 Å². The maximum atomic E-state index is 5.76. The van der Waals surface area contributed by atoms with Crippen molar-refractivity contribution in [2.75, 3.05) is 13.2 Å². The van der Waals surface area contributed by atoms with Gasteiger partial charge in [0, 0.05) is 4.47 Å². The minimum Gasteiger partial charge on any atom is -0.486 e. The van der Waals surface area contributed by atoms with E-state index < -0.39 is 0 Å². The number of hydrogen-bond acceptors (Lipinski definition) is 4. The van der Waals surface area contributed by atoms with Gasteiger partial charge in [0.15, 0.2) is 11.5 Å². The molecule has 0 fully saturated rings. The van der Waals surface area contributed by atoms with Crippen molar-refractivity contribution in [3.8, 4) is 11.5 Å². The van der Waals surface area contributed by atoms with E-state index in [4.69, 9.17) is 15.3 Å². The highest BCUT2D eigenvalue weighted by atomic mass is 79.9. The Hall–Kier alpha value is -1.56. The molecule has 0 bridgehead atoms. The van der Waals surface area contributed by atoms with E-state index in [1.165, 1.54) is 5.56 Å². The van der Waals surface area contributed by atoms with Crippen LogP contribution in [-0.2, 0) is 0 Å². The molecule has 4 nitrogen and oxygen atoms in total. The smallest absolute Gasteiger partial charge is 0.161 e. The van der Waals surface area contributed by atoms with E-state index in [0.717, 1.165) is 27.1 Å². The average Bonchev–Trinajstić information content (AvgIpc) is 2.51. The maximum absolute atomic E-state index is 5.76. The van der Waals surface area contributed by atoms with Gasteiger partial charge in [-0.2, -0.15) is 0 Å². The lowest BCUT2D eigenvalue weighted by Crippen LogP contribution is -2.29. The summed E-state index contributed by atoms with van der Waals surface area (Å²) in [5.74, 6) is 7.32. The third-order valence-corrected chi connectivity index (χ3v) is 4.45. The molecule has 0 radical (unpaired) electrons. The second-order valence-corrected chi connectivity index (χ2v) is 5.87. The van der Waals surface area contributed by atoms with Gasteiger partial charge < -0.3 is 9.47 Å². The molecule has 1 aliphatic rings. The summed E-state index contributed by atoms with van der Waals surface area (Å²) in [5, 5.41) is 0. The second kappa shape index (κ2) is 6.05. The second-order valence-electron chi connectivity index (χ2n) is 5.01. The molecule has 3 N–H and O–H groups in total. The van der Waals surface area contributed by atoms with E-state index >= 15 is 0 Å². The Bertz CT molecular complexity index is 661. The fourth-order valence-corrected chi connectivity index (χ4v) is 2.81. The summed E-state index contributed by atoms with van der Waals surface area (Å²) >= 11 is 3.56. The van der Waals surface area contributed by atoms with Crippen LogP contribution in [0.15, 0.2) is 40.9 Å². The highest BCUT2D eigenvalue weighted by Crippen LogP contribution is 2.34. The lowest BCUT2D eigenvalue weighted by atomic mass is 9.98. The maximum Gasteiger partial charge on any atom is 0.161 e. The number of fused-ring (bicyclic) bond motifs is 1. The van der Waals surface area contributed by atoms with Gasteiger partial charge in [-0.1, -0.05) is 34.1 Å². The topological polar surface area (TPSA) is 56.5 Å². The van der Waals surface area contributed by atoms with Crippen molar-refractivity contribution in [2.24, 2.45) is 5.84 Å². The van der Waals surface area contributed by atoms with Gasteiger partial charge in [0.1, 0.15) is 13.2 Å². The van der Waals surface area contributed by atoms with Crippen molar-refractivity contribution in [1.82, 2.24) is 5.43 Å². The summed E-state index contributed by atoms with van der Waals surface area (Å²) in [7, 11) is 0. The molecule has 0 saturated heterocycles. The Morgan fingerprint density at radius 1 is 1.05 bits per heavy atom. The molecule has 1 heterocycles. The third kappa shape index (κ3) is 2.90. The zero-order chi connectivity index (χ0) is 14.8. The predicted octanol–water partition coefficient (Wildman–Crippen LogP) is 3.08. The Kier molecular flexibility index (Phi) is 4.14. The van der Waals surface area contributed by atoms with E-state index in [2.05, 4.69) is 46.5 Å². The van der Waals surface area contributed by atoms with E-state index in [1.54, 1.807) is 0 Å². The van der Waals surface area contributed by atoms with E-state index in [1.807, 2.05) is 18.2 Å². The Labute approximate surface area is 132 Å². The number of aryl methyl sites for hydroxylation is 1. The van der Waals surface area contributed by atoms with Gasteiger partial charge in [-0.25, -0.2) is 5.43 Å². The van der Waals surface area contributed by atoms with Crippen molar-refractivity contribution in [3.63, 3.8) is 0 Å². The molecule has 1 unspecified atom stereocenters. The molecule has 1 aliphatic heterocycles. The molecule has 2 aromatic rings. The minimum atomic E-state index is -0.0993. The molecule has 0 saturated carbocycles. The fourth-order valence-electron chi connectivity index (χ4n) is 2.41. The number of hydrazine groups is 1. The molecule has 0 amide bonds. The SMILES string of the molecule is Cc1ccc(C(NN)c2ccc3c(c2)OCCO3)cc1Br. The number of rotatable bonds is 3. The van der Waals surface area contributed by atoms with Crippen LogP contribution < -0.4 is 20.7 Å². The normalized spacial score (nSPS) is 14.8. The highest BCUT2D eigenvalue weighted by molar-refractivity contribution is 9.10. The number of halogens is 1. The van der Waals surface area contributed by atoms with Gasteiger partial charge in [-0.3, -0.25) is 5.84 Å². The zero-order valence-electron chi connectivity index (χ0n) is 11.7. The van der Waals surface area contributed by atoms with Crippen LogP contribution in [0.3, 0.4) is 0 Å². The van der Waals surface area contributed by atoms with Crippen LogP contribution in [0.25, 0.3) is 0 Å². The molecule has 2 aromatic carbocycles. The van der Waals surface area contributed by atoms with Gasteiger partial charge in [0.05, 0.1) is 6.04 Å². The molecule has 110 valence electrons. The first-order valence-corrected chi connectivity index (χ1v) is 7.60. The number of nitrogens with two attached hydrogens (primary N) is 1. The van der Waals surface area contributed by atoms with Crippen LogP contribution in [-0.4, -0.2) is 13.2 Å². The number of nitrogens with one attached hydrogen (secondary N) is 1. The van der Waals surface area contributed by atoms with E-state index in [0.29, 0.717) is 13.2 Å². The van der Waals surface area contributed by atoms with Crippen LogP contribution >= 0.6 is 15.9 Å².